The van der Waals surface area contributed by atoms with Crippen LogP contribution in [0.4, 0.5) is 11.6 Å². The molecule has 0 saturated heterocycles. The highest BCUT2D eigenvalue weighted by atomic mass is 16.6. The van der Waals surface area contributed by atoms with Crippen molar-refractivity contribution in [1.29, 1.82) is 0 Å². The van der Waals surface area contributed by atoms with Gasteiger partial charge in [-0.15, -0.1) is 0 Å². The zero-order valence-corrected chi connectivity index (χ0v) is 16.2. The molecule has 1 aromatic heterocycles. The first-order chi connectivity index (χ1) is 15.0. The molecule has 0 radical (unpaired) electrons. The van der Waals surface area contributed by atoms with Gasteiger partial charge in [0.25, 0.3) is 11.7 Å². The van der Waals surface area contributed by atoms with E-state index in [2.05, 4.69) is 4.98 Å². The van der Waals surface area contributed by atoms with E-state index in [9.17, 15) is 19.7 Å². The van der Waals surface area contributed by atoms with Gasteiger partial charge in [-0.05, 0) is 21.5 Å². The molecule has 1 aliphatic rings. The summed E-state index contributed by atoms with van der Waals surface area (Å²) in [5.74, 6) is -1.64. The largest absolute Gasteiger partial charge is 0.469 e. The monoisotopic (exact) mass is 419 g/mol. The van der Waals surface area contributed by atoms with E-state index in [0.29, 0.717) is 5.56 Å². The van der Waals surface area contributed by atoms with Crippen LogP contribution in [0.1, 0.15) is 17.2 Å². The molecule has 3 aromatic rings. The van der Waals surface area contributed by atoms with Gasteiger partial charge in [0, 0.05) is 11.6 Å². The Labute approximate surface area is 177 Å². The zero-order valence-electron chi connectivity index (χ0n) is 16.2. The van der Waals surface area contributed by atoms with Gasteiger partial charge in [0.15, 0.2) is 5.75 Å². The lowest BCUT2D eigenvalue weighted by molar-refractivity contribution is -0.389. The van der Waals surface area contributed by atoms with Crippen molar-refractivity contribution in [2.45, 2.75) is 12.7 Å². The number of hydrogen-bond donors (Lipinski definition) is 0. The molecule has 2 aromatic carbocycles. The molecule has 4 rings (SSSR count). The molecule has 0 bridgehead atoms. The fraction of sp³-hybridized carbons (Fsp3) is 0.136. The van der Waals surface area contributed by atoms with Crippen molar-refractivity contribution in [3.05, 3.63) is 94.0 Å². The lowest BCUT2D eigenvalue weighted by atomic mass is 10.1. The second-order valence-corrected chi connectivity index (χ2v) is 6.73. The number of amides is 1. The fourth-order valence-electron chi connectivity index (χ4n) is 3.14. The third-order valence-electron chi connectivity index (χ3n) is 4.63. The van der Waals surface area contributed by atoms with Crippen LogP contribution in [0.5, 0.6) is 5.75 Å². The van der Waals surface area contributed by atoms with Crippen LogP contribution in [0.3, 0.4) is 0 Å². The Bertz CT molecular complexity index is 1120. The molecule has 1 unspecified atom stereocenters. The summed E-state index contributed by atoms with van der Waals surface area (Å²) in [6.07, 6.45) is -1.01. The summed E-state index contributed by atoms with van der Waals surface area (Å²) in [6, 6.07) is 20.4. The Morgan fingerprint density at radius 2 is 1.74 bits per heavy atom. The van der Waals surface area contributed by atoms with Gasteiger partial charge in [-0.25, -0.2) is 0 Å². The first kappa shape index (κ1) is 20.0. The van der Waals surface area contributed by atoms with Gasteiger partial charge in [0.2, 0.25) is 6.10 Å². The van der Waals surface area contributed by atoms with Crippen LogP contribution >= 0.6 is 0 Å². The minimum absolute atomic E-state index is 0.0372. The molecule has 9 nitrogen and oxygen atoms in total. The molecule has 0 N–H and O–H groups in total. The molecule has 0 spiro atoms. The number of carbonyl (C=O) groups is 2. The highest BCUT2D eigenvalue weighted by molar-refractivity contribution is 6.02. The van der Waals surface area contributed by atoms with E-state index < -0.39 is 35.3 Å². The predicted octanol–water partition coefficient (Wildman–Crippen LogP) is 3.20. The summed E-state index contributed by atoms with van der Waals surface area (Å²) in [6.45, 7) is -0.422. The fourth-order valence-corrected chi connectivity index (χ4v) is 3.14. The maximum atomic E-state index is 13.2. The third-order valence-corrected chi connectivity index (χ3v) is 4.63. The topological polar surface area (TPSA) is 112 Å². The van der Waals surface area contributed by atoms with Crippen LogP contribution in [0, 0.1) is 10.1 Å². The number of hydrogen-bond acceptors (Lipinski definition) is 7. The van der Waals surface area contributed by atoms with E-state index in [-0.39, 0.29) is 18.2 Å². The molecule has 0 aliphatic carbocycles. The number of pyridine rings is 1. The number of nitrogens with zero attached hydrogens (tertiary/aromatic N) is 3. The van der Waals surface area contributed by atoms with Crippen molar-refractivity contribution in [3.8, 4) is 5.75 Å². The summed E-state index contributed by atoms with van der Waals surface area (Å²) in [5, 5.41) is 11.1. The van der Waals surface area contributed by atoms with Gasteiger partial charge in [-0.3, -0.25) is 14.5 Å². The molecule has 2 heterocycles. The molecule has 0 fully saturated rings. The molecule has 1 atom stereocenters. The minimum atomic E-state index is -1.01. The molecule has 0 saturated carbocycles. The summed E-state index contributed by atoms with van der Waals surface area (Å²) >= 11 is 0. The number of aromatic nitrogens is 1. The van der Waals surface area contributed by atoms with E-state index in [0.717, 1.165) is 10.5 Å². The van der Waals surface area contributed by atoms with E-state index in [1.807, 2.05) is 18.2 Å². The number of benzene rings is 2. The number of anilines is 1. The number of fused-ring (bicyclic) bond motifs is 1. The lowest BCUT2D eigenvalue weighted by Gasteiger charge is -2.30. The Morgan fingerprint density at radius 1 is 1.06 bits per heavy atom. The van der Waals surface area contributed by atoms with Crippen LogP contribution in [-0.2, 0) is 20.9 Å². The number of esters is 1. The normalized spacial score (nSPS) is 15.0. The van der Waals surface area contributed by atoms with Crippen LogP contribution in [-0.4, -0.2) is 28.3 Å². The van der Waals surface area contributed by atoms with E-state index in [1.165, 1.54) is 12.1 Å². The number of nitro groups is 1. The molecule has 1 aliphatic heterocycles. The summed E-state index contributed by atoms with van der Waals surface area (Å²) in [5.41, 5.74) is 1.37. The summed E-state index contributed by atoms with van der Waals surface area (Å²) < 4.78 is 11.1. The van der Waals surface area contributed by atoms with Crippen LogP contribution in [0.25, 0.3) is 0 Å². The van der Waals surface area contributed by atoms with Crippen molar-refractivity contribution >= 4 is 23.5 Å². The van der Waals surface area contributed by atoms with Crippen molar-refractivity contribution in [3.63, 3.8) is 0 Å². The maximum Gasteiger partial charge on any atom is 0.366 e. The first-order valence-corrected chi connectivity index (χ1v) is 9.41. The van der Waals surface area contributed by atoms with Crippen molar-refractivity contribution in [2.75, 3.05) is 11.4 Å². The second-order valence-electron chi connectivity index (χ2n) is 6.73. The Kier molecular flexibility index (Phi) is 5.57. The zero-order chi connectivity index (χ0) is 21.8. The predicted molar refractivity (Wildman–Crippen MR) is 109 cm³/mol. The van der Waals surface area contributed by atoms with E-state index >= 15 is 0 Å². The summed E-state index contributed by atoms with van der Waals surface area (Å²) in [7, 11) is 0. The highest BCUT2D eigenvalue weighted by Gasteiger charge is 2.41. The molecular weight excluding hydrogens is 402 g/mol. The number of carbonyl (C=O) groups excluding carboxylic acids is 2. The van der Waals surface area contributed by atoms with Crippen LogP contribution in [0.15, 0.2) is 72.8 Å². The Morgan fingerprint density at radius 3 is 2.42 bits per heavy atom. The summed E-state index contributed by atoms with van der Waals surface area (Å²) in [4.78, 5) is 41.1. The van der Waals surface area contributed by atoms with Gasteiger partial charge in [0.05, 0.1) is 0 Å². The second kappa shape index (κ2) is 8.62. The van der Waals surface area contributed by atoms with Crippen LogP contribution in [0.2, 0.25) is 0 Å². The van der Waals surface area contributed by atoms with Gasteiger partial charge in [-0.2, -0.15) is 0 Å². The van der Waals surface area contributed by atoms with Gasteiger partial charge in [0.1, 0.15) is 13.2 Å². The first-order valence-electron chi connectivity index (χ1n) is 9.41. The van der Waals surface area contributed by atoms with Crippen molar-refractivity contribution < 1.29 is 24.0 Å². The van der Waals surface area contributed by atoms with E-state index in [4.69, 9.17) is 9.47 Å². The SMILES string of the molecule is O=C(CN1C(=O)C(c2ccccc2)Oc2ccc([N+](=O)[O-])nc21)OCc1ccccc1. The van der Waals surface area contributed by atoms with Crippen molar-refractivity contribution in [1.82, 2.24) is 4.98 Å². The molecule has 156 valence electrons. The van der Waals surface area contributed by atoms with E-state index in [1.54, 1.807) is 42.5 Å². The van der Waals surface area contributed by atoms with Crippen LogP contribution < -0.4 is 9.64 Å². The minimum Gasteiger partial charge on any atom is -0.469 e. The smallest absolute Gasteiger partial charge is 0.366 e. The lowest BCUT2D eigenvalue weighted by Crippen LogP contribution is -2.44. The maximum absolute atomic E-state index is 13.2. The average molecular weight is 419 g/mol. The van der Waals surface area contributed by atoms with Gasteiger partial charge >= 0.3 is 11.8 Å². The van der Waals surface area contributed by atoms with Gasteiger partial charge in [-0.1, -0.05) is 60.7 Å². The quantitative estimate of drug-likeness (QED) is 0.343. The van der Waals surface area contributed by atoms with Crippen molar-refractivity contribution in [2.24, 2.45) is 0 Å². The highest BCUT2D eigenvalue weighted by Crippen LogP contribution is 2.38. The van der Waals surface area contributed by atoms with Gasteiger partial charge < -0.3 is 19.6 Å². The Hall–Kier alpha value is -4.27. The Balaban J connectivity index is 1.61. The average Bonchev–Trinajstić information content (AvgIpc) is 2.80. The number of ether oxygens (including phenoxy) is 2. The molecule has 9 heteroatoms. The molecular formula is C22H17N3O6. The number of rotatable bonds is 6. The third kappa shape index (κ3) is 4.35. The molecule has 1 amide bonds. The molecule has 31 heavy (non-hydrogen) atoms. The standard InChI is InChI=1S/C22H17N3O6/c26-19(30-14-15-7-3-1-4-8-15)13-24-21-17(11-12-18(23-21)25(28)29)31-20(22(24)27)16-9-5-2-6-10-16/h1-12,20H,13-14H2.